The minimum Gasteiger partial charge on any atom is -0.476 e. The Morgan fingerprint density at radius 2 is 2.17 bits per heavy atom. The number of fused-ring (bicyclic) bond motifs is 1. The van der Waals surface area contributed by atoms with Crippen LogP contribution in [0.25, 0.3) is 0 Å². The number of carbonyl (C=O) groups is 1. The lowest BCUT2D eigenvalue weighted by Gasteiger charge is -2.35. The number of thioether (sulfide) groups is 1. The van der Waals surface area contributed by atoms with E-state index >= 15 is 0 Å². The normalized spacial score (nSPS) is 21.6. The number of hydrogen-bond donors (Lipinski definition) is 1. The van der Waals surface area contributed by atoms with Gasteiger partial charge in [0.1, 0.15) is 11.6 Å². The van der Waals surface area contributed by atoms with Crippen LogP contribution < -0.4 is 4.74 Å². The van der Waals surface area contributed by atoms with Crippen molar-refractivity contribution in [3.05, 3.63) is 40.9 Å². The molecule has 3 rings (SSSR count). The van der Waals surface area contributed by atoms with Crippen molar-refractivity contribution in [1.29, 1.82) is 0 Å². The monoisotopic (exact) mass is 267 g/mol. The van der Waals surface area contributed by atoms with Crippen LogP contribution in [0.1, 0.15) is 6.42 Å². The molecule has 1 atom stereocenters. The van der Waals surface area contributed by atoms with E-state index in [1.54, 1.807) is 0 Å². The Hall–Kier alpha value is -1.69. The van der Waals surface area contributed by atoms with Crippen molar-refractivity contribution >= 4 is 17.7 Å². The minimum absolute atomic E-state index is 0.173. The maximum Gasteiger partial charge on any atom is 0.356 e. The Morgan fingerprint density at radius 3 is 2.72 bits per heavy atom. The Balaban J connectivity index is 1.86. The molecule has 0 aromatic heterocycles. The Labute approximate surface area is 107 Å². The zero-order chi connectivity index (χ0) is 12.7. The Kier molecular flexibility index (Phi) is 2.66. The lowest BCUT2D eigenvalue weighted by Crippen LogP contribution is -2.43. The molecule has 4 nitrogen and oxygen atoms in total. The number of benzene rings is 1. The van der Waals surface area contributed by atoms with Crippen molar-refractivity contribution in [1.82, 2.24) is 4.90 Å². The number of carboxylic acids is 1. The van der Waals surface area contributed by atoms with Crippen molar-refractivity contribution in [2.24, 2.45) is 0 Å². The molecular weight excluding hydrogens is 257 g/mol. The summed E-state index contributed by atoms with van der Waals surface area (Å²) in [6, 6.07) is 5.53. The molecule has 1 N–H and O–H groups in total. The van der Waals surface area contributed by atoms with Gasteiger partial charge in [0.05, 0.1) is 5.37 Å². The van der Waals surface area contributed by atoms with Crippen LogP contribution in [-0.2, 0) is 4.79 Å². The first-order chi connectivity index (χ1) is 8.65. The van der Waals surface area contributed by atoms with Crippen LogP contribution in [0.5, 0.6) is 5.75 Å². The summed E-state index contributed by atoms with van der Waals surface area (Å²) in [4.78, 5) is 13.0. The summed E-state index contributed by atoms with van der Waals surface area (Å²) >= 11 is 1.40. The highest BCUT2D eigenvalue weighted by Crippen LogP contribution is 2.45. The van der Waals surface area contributed by atoms with Crippen LogP contribution in [0.15, 0.2) is 35.1 Å². The third kappa shape index (κ3) is 1.82. The topological polar surface area (TPSA) is 49.8 Å². The van der Waals surface area contributed by atoms with Gasteiger partial charge in [-0.1, -0.05) is 11.8 Å². The number of nitrogens with zero attached hydrogens (tertiary/aromatic N) is 1. The molecule has 0 saturated carbocycles. The predicted molar refractivity (Wildman–Crippen MR) is 64.4 cm³/mol. The van der Waals surface area contributed by atoms with Gasteiger partial charge in [-0.05, 0) is 30.7 Å². The van der Waals surface area contributed by atoms with Crippen LogP contribution in [0.4, 0.5) is 4.39 Å². The standard InChI is InChI=1S/C12H10FNO3S/c13-7-1-3-8(4-2-7)17-12-10(11(15)16)14-6-5-9(14)18-12/h1-4,9H,5-6H2,(H,15,16). The number of carboxylic acid groups (broad SMARTS) is 1. The molecule has 0 spiro atoms. The van der Waals surface area contributed by atoms with E-state index in [2.05, 4.69) is 0 Å². The molecular formula is C12H10FNO3S. The first-order valence-electron chi connectivity index (χ1n) is 5.49. The summed E-state index contributed by atoms with van der Waals surface area (Å²) in [5.74, 6) is -0.889. The summed E-state index contributed by atoms with van der Waals surface area (Å²) in [6.45, 7) is 0.746. The number of ether oxygens (including phenoxy) is 1. The van der Waals surface area contributed by atoms with E-state index in [1.165, 1.54) is 36.0 Å². The molecule has 0 amide bonds. The number of halogens is 1. The molecule has 2 aliphatic heterocycles. The van der Waals surface area contributed by atoms with E-state index in [-0.39, 0.29) is 16.9 Å². The van der Waals surface area contributed by atoms with Gasteiger partial charge in [0.15, 0.2) is 10.8 Å². The third-order valence-electron chi connectivity index (χ3n) is 2.91. The fourth-order valence-corrected chi connectivity index (χ4v) is 3.20. The largest absolute Gasteiger partial charge is 0.476 e. The van der Waals surface area contributed by atoms with E-state index in [0.29, 0.717) is 10.8 Å². The van der Waals surface area contributed by atoms with Crippen LogP contribution in [-0.4, -0.2) is 27.9 Å². The second kappa shape index (κ2) is 4.20. The van der Waals surface area contributed by atoms with Crippen LogP contribution in [0.2, 0.25) is 0 Å². The second-order valence-electron chi connectivity index (χ2n) is 4.05. The molecule has 6 heteroatoms. The Bertz CT molecular complexity index is 529. The molecule has 18 heavy (non-hydrogen) atoms. The van der Waals surface area contributed by atoms with Crippen molar-refractivity contribution in [2.45, 2.75) is 11.8 Å². The first kappa shape index (κ1) is 11.4. The number of aliphatic carboxylic acids is 1. The molecule has 94 valence electrons. The molecule has 2 heterocycles. The van der Waals surface area contributed by atoms with Gasteiger partial charge >= 0.3 is 5.97 Å². The maximum absolute atomic E-state index is 12.8. The zero-order valence-electron chi connectivity index (χ0n) is 9.30. The molecule has 1 saturated heterocycles. The number of rotatable bonds is 3. The maximum atomic E-state index is 12.8. The average Bonchev–Trinajstić information content (AvgIpc) is 2.55. The van der Waals surface area contributed by atoms with Gasteiger partial charge in [0.25, 0.3) is 0 Å². The van der Waals surface area contributed by atoms with Crippen LogP contribution in [0.3, 0.4) is 0 Å². The summed E-state index contributed by atoms with van der Waals surface area (Å²) in [5, 5.41) is 9.73. The van der Waals surface area contributed by atoms with Crippen molar-refractivity contribution in [2.75, 3.05) is 6.54 Å². The van der Waals surface area contributed by atoms with Gasteiger partial charge in [-0.25, -0.2) is 9.18 Å². The fourth-order valence-electron chi connectivity index (χ4n) is 1.93. The summed E-state index contributed by atoms with van der Waals surface area (Å²) in [7, 11) is 0. The van der Waals surface area contributed by atoms with Gasteiger partial charge in [0, 0.05) is 6.54 Å². The van der Waals surface area contributed by atoms with Gasteiger partial charge in [-0.15, -0.1) is 0 Å². The summed E-state index contributed by atoms with van der Waals surface area (Å²) < 4.78 is 18.3. The van der Waals surface area contributed by atoms with Crippen molar-refractivity contribution < 1.29 is 19.0 Å². The lowest BCUT2D eigenvalue weighted by atomic mass is 10.2. The molecule has 1 fully saturated rings. The van der Waals surface area contributed by atoms with E-state index in [4.69, 9.17) is 4.74 Å². The average molecular weight is 267 g/mol. The molecule has 1 aromatic carbocycles. The summed E-state index contributed by atoms with van der Waals surface area (Å²) in [6.07, 6.45) is 0.956. The Morgan fingerprint density at radius 1 is 1.44 bits per heavy atom. The van der Waals surface area contributed by atoms with E-state index in [1.807, 2.05) is 4.90 Å². The molecule has 1 unspecified atom stereocenters. The van der Waals surface area contributed by atoms with E-state index in [9.17, 15) is 14.3 Å². The van der Waals surface area contributed by atoms with Gasteiger partial charge in [-0.2, -0.15) is 0 Å². The van der Waals surface area contributed by atoms with Gasteiger partial charge in [-0.3, -0.25) is 0 Å². The predicted octanol–water partition coefficient (Wildman–Crippen LogP) is 2.24. The van der Waals surface area contributed by atoms with Crippen molar-refractivity contribution in [3.8, 4) is 5.75 Å². The molecule has 2 aliphatic rings. The fraction of sp³-hybridized carbons (Fsp3) is 0.250. The van der Waals surface area contributed by atoms with Gasteiger partial charge < -0.3 is 14.7 Å². The zero-order valence-corrected chi connectivity index (χ0v) is 10.1. The lowest BCUT2D eigenvalue weighted by molar-refractivity contribution is -0.135. The first-order valence-corrected chi connectivity index (χ1v) is 6.37. The van der Waals surface area contributed by atoms with E-state index in [0.717, 1.165) is 13.0 Å². The highest BCUT2D eigenvalue weighted by molar-refractivity contribution is 8.03. The van der Waals surface area contributed by atoms with Gasteiger partial charge in [0.2, 0.25) is 0 Å². The summed E-state index contributed by atoms with van der Waals surface area (Å²) in [5.41, 5.74) is 0.209. The number of hydrogen-bond acceptors (Lipinski definition) is 4. The molecule has 0 bridgehead atoms. The highest BCUT2D eigenvalue weighted by atomic mass is 32.2. The second-order valence-corrected chi connectivity index (χ2v) is 5.20. The molecule has 0 aliphatic carbocycles. The SMILES string of the molecule is O=C(O)C1=C(Oc2ccc(F)cc2)SC2CCN12. The smallest absolute Gasteiger partial charge is 0.356 e. The van der Waals surface area contributed by atoms with Crippen LogP contribution in [0, 0.1) is 5.82 Å². The van der Waals surface area contributed by atoms with E-state index < -0.39 is 5.97 Å². The third-order valence-corrected chi connectivity index (χ3v) is 4.17. The quantitative estimate of drug-likeness (QED) is 0.910. The van der Waals surface area contributed by atoms with Crippen LogP contribution >= 0.6 is 11.8 Å². The highest BCUT2D eigenvalue weighted by Gasteiger charge is 2.43. The molecule has 1 aromatic rings. The minimum atomic E-state index is -0.984. The molecule has 0 radical (unpaired) electrons. The van der Waals surface area contributed by atoms with Crippen molar-refractivity contribution in [3.63, 3.8) is 0 Å².